The minimum absolute atomic E-state index is 0.105. The van der Waals surface area contributed by atoms with E-state index in [2.05, 4.69) is 29.2 Å². The number of nitro benzene ring substituents is 1. The summed E-state index contributed by atoms with van der Waals surface area (Å²) in [4.78, 5) is 43.9. The largest absolute Gasteiger partial charge is 0.473 e. The summed E-state index contributed by atoms with van der Waals surface area (Å²) in [6.07, 6.45) is 2.97. The lowest BCUT2D eigenvalue weighted by Gasteiger charge is -2.32. The Morgan fingerprint density at radius 2 is 1.67 bits per heavy atom. The molecule has 208 valence electrons. The van der Waals surface area contributed by atoms with Crippen molar-refractivity contribution in [2.75, 3.05) is 26.2 Å². The van der Waals surface area contributed by atoms with Gasteiger partial charge in [-0.15, -0.1) is 0 Å². The maximum Gasteiger partial charge on any atom is 0.414 e. The Morgan fingerprint density at radius 1 is 1.05 bits per heavy atom. The highest BCUT2D eigenvalue weighted by atomic mass is 16.6. The van der Waals surface area contributed by atoms with E-state index in [4.69, 9.17) is 19.8 Å². The first-order valence-corrected chi connectivity index (χ1v) is 12.7. The smallest absolute Gasteiger partial charge is 0.414 e. The van der Waals surface area contributed by atoms with E-state index < -0.39 is 11.9 Å². The van der Waals surface area contributed by atoms with Crippen LogP contribution in [0.5, 0.6) is 0 Å². The minimum Gasteiger partial charge on any atom is -0.473 e. The number of non-ortho nitro benzene ring substituents is 1. The summed E-state index contributed by atoms with van der Waals surface area (Å²) < 4.78 is 1.91. The molecule has 2 heterocycles. The number of carboxylic acids is 2. The lowest BCUT2D eigenvalue weighted by Crippen LogP contribution is -2.39. The molecule has 1 saturated heterocycles. The van der Waals surface area contributed by atoms with Crippen LogP contribution in [0.15, 0.2) is 48.5 Å². The number of carbonyl (C=O) groups is 3. The zero-order valence-corrected chi connectivity index (χ0v) is 21.9. The highest BCUT2D eigenvalue weighted by Gasteiger charge is 2.22. The van der Waals surface area contributed by atoms with E-state index in [-0.39, 0.29) is 22.6 Å². The van der Waals surface area contributed by atoms with Gasteiger partial charge in [-0.05, 0) is 63.7 Å². The van der Waals surface area contributed by atoms with Crippen molar-refractivity contribution in [3.05, 3.63) is 69.9 Å². The Hall–Kier alpha value is -4.32. The predicted octanol–water partition coefficient (Wildman–Crippen LogP) is 3.37. The molecule has 1 aromatic heterocycles. The topological polar surface area (TPSA) is 168 Å². The van der Waals surface area contributed by atoms with Crippen LogP contribution in [0.25, 0.3) is 10.9 Å². The second-order valence-electron chi connectivity index (χ2n) is 9.68. The number of likely N-dealkylation sites (tertiary alicyclic amines) is 1. The molecule has 12 nitrogen and oxygen atoms in total. The number of benzene rings is 2. The van der Waals surface area contributed by atoms with Gasteiger partial charge in [0.05, 0.1) is 10.4 Å². The van der Waals surface area contributed by atoms with Crippen LogP contribution in [0.1, 0.15) is 48.8 Å². The molecular weight excluding hydrogens is 506 g/mol. The number of amides is 1. The average molecular weight is 540 g/mol. The number of aliphatic carboxylic acids is 2. The molecule has 0 saturated carbocycles. The van der Waals surface area contributed by atoms with Crippen LogP contribution in [0.2, 0.25) is 0 Å². The molecule has 39 heavy (non-hydrogen) atoms. The van der Waals surface area contributed by atoms with E-state index in [1.807, 2.05) is 41.1 Å². The van der Waals surface area contributed by atoms with Crippen LogP contribution in [-0.4, -0.2) is 73.8 Å². The molecule has 1 aliphatic heterocycles. The van der Waals surface area contributed by atoms with Gasteiger partial charge in [-0.1, -0.05) is 30.3 Å². The van der Waals surface area contributed by atoms with Crippen LogP contribution < -0.4 is 5.32 Å². The fraction of sp³-hybridized carbons (Fsp3) is 0.407. The number of fused-ring (bicyclic) bond motifs is 1. The second-order valence-corrected chi connectivity index (χ2v) is 9.68. The van der Waals surface area contributed by atoms with Crippen molar-refractivity contribution >= 4 is 34.4 Å². The fourth-order valence-electron chi connectivity index (χ4n) is 4.46. The molecule has 4 rings (SSSR count). The molecule has 12 heteroatoms. The molecule has 0 radical (unpaired) electrons. The third-order valence-electron chi connectivity index (χ3n) is 6.62. The molecule has 1 amide bonds. The Kier molecular flexibility index (Phi) is 10.1. The van der Waals surface area contributed by atoms with Gasteiger partial charge in [0.15, 0.2) is 5.69 Å². The van der Waals surface area contributed by atoms with Crippen molar-refractivity contribution in [3.63, 3.8) is 0 Å². The van der Waals surface area contributed by atoms with E-state index in [0.29, 0.717) is 18.2 Å². The van der Waals surface area contributed by atoms with Gasteiger partial charge in [0.1, 0.15) is 0 Å². The maximum atomic E-state index is 12.9. The Balaban J connectivity index is 0.000000631. The summed E-state index contributed by atoms with van der Waals surface area (Å²) in [6, 6.07) is 14.9. The summed E-state index contributed by atoms with van der Waals surface area (Å²) >= 11 is 0. The van der Waals surface area contributed by atoms with Gasteiger partial charge in [0.25, 0.3) is 11.6 Å². The fourth-order valence-corrected chi connectivity index (χ4v) is 4.46. The maximum absolute atomic E-state index is 12.9. The first-order chi connectivity index (χ1) is 18.6. The molecule has 2 aromatic carbocycles. The number of piperidine rings is 1. The number of para-hydroxylation sites is 1. The van der Waals surface area contributed by atoms with Crippen LogP contribution in [0.3, 0.4) is 0 Å². The molecule has 0 spiro atoms. The molecular formula is C27H33N5O7. The lowest BCUT2D eigenvalue weighted by molar-refractivity contribution is -0.384. The molecule has 1 fully saturated rings. The molecule has 0 aliphatic carbocycles. The molecule has 1 aliphatic rings. The molecule has 0 bridgehead atoms. The van der Waals surface area contributed by atoms with Crippen LogP contribution in [0.4, 0.5) is 5.69 Å². The van der Waals surface area contributed by atoms with Crippen molar-refractivity contribution in [2.24, 2.45) is 5.92 Å². The average Bonchev–Trinajstić information content (AvgIpc) is 3.32. The van der Waals surface area contributed by atoms with Gasteiger partial charge >= 0.3 is 11.9 Å². The molecule has 0 unspecified atom stereocenters. The van der Waals surface area contributed by atoms with Crippen molar-refractivity contribution < 1.29 is 29.5 Å². The summed E-state index contributed by atoms with van der Waals surface area (Å²) in [5.41, 5.74) is 2.73. The van der Waals surface area contributed by atoms with Crippen molar-refractivity contribution in [1.29, 1.82) is 0 Å². The summed E-state index contributed by atoms with van der Waals surface area (Å²) in [5.74, 6) is -3.29. The SMILES string of the molecule is CC(C)n1nc(C(=O)NCC2CCN(CCc3ccc([N+](=O)[O-])cc3)CC2)c2ccccc21.O=C(O)C(=O)O. The monoisotopic (exact) mass is 539 g/mol. The van der Waals surface area contributed by atoms with E-state index in [0.717, 1.165) is 55.4 Å². The first-order valence-electron chi connectivity index (χ1n) is 12.7. The number of nitro groups is 1. The Morgan fingerprint density at radius 3 is 2.23 bits per heavy atom. The van der Waals surface area contributed by atoms with Crippen LogP contribution in [-0.2, 0) is 16.0 Å². The Labute approximate surface area is 225 Å². The molecule has 3 N–H and O–H groups in total. The number of nitrogens with one attached hydrogen (secondary N) is 1. The van der Waals surface area contributed by atoms with E-state index in [9.17, 15) is 14.9 Å². The van der Waals surface area contributed by atoms with E-state index >= 15 is 0 Å². The zero-order valence-electron chi connectivity index (χ0n) is 21.9. The van der Waals surface area contributed by atoms with Gasteiger partial charge in [-0.2, -0.15) is 5.10 Å². The van der Waals surface area contributed by atoms with Gasteiger partial charge in [-0.25, -0.2) is 9.59 Å². The quantitative estimate of drug-likeness (QED) is 0.221. The molecule has 0 atom stereocenters. The molecule has 3 aromatic rings. The number of rotatable bonds is 8. The number of carboxylic acid groups (broad SMARTS) is 2. The first kappa shape index (κ1) is 29.2. The lowest BCUT2D eigenvalue weighted by atomic mass is 9.96. The van der Waals surface area contributed by atoms with Crippen LogP contribution in [0, 0.1) is 16.0 Å². The highest BCUT2D eigenvalue weighted by molar-refractivity contribution is 6.27. The van der Waals surface area contributed by atoms with Crippen molar-refractivity contribution in [1.82, 2.24) is 20.0 Å². The highest BCUT2D eigenvalue weighted by Crippen LogP contribution is 2.22. The Bertz CT molecular complexity index is 1300. The number of aromatic nitrogens is 2. The third-order valence-corrected chi connectivity index (χ3v) is 6.62. The predicted molar refractivity (Wildman–Crippen MR) is 144 cm³/mol. The van der Waals surface area contributed by atoms with Crippen LogP contribution >= 0.6 is 0 Å². The van der Waals surface area contributed by atoms with Gasteiger partial charge < -0.3 is 20.4 Å². The summed E-state index contributed by atoms with van der Waals surface area (Å²) in [6.45, 7) is 7.73. The summed E-state index contributed by atoms with van der Waals surface area (Å²) in [5, 5.41) is 34.2. The normalized spacial score (nSPS) is 14.0. The van der Waals surface area contributed by atoms with Gasteiger partial charge in [0, 0.05) is 36.7 Å². The van der Waals surface area contributed by atoms with Crippen molar-refractivity contribution in [3.8, 4) is 0 Å². The zero-order chi connectivity index (χ0) is 28.5. The number of hydrogen-bond donors (Lipinski definition) is 3. The standard InChI is InChI=1S/C25H31N5O3.C2H2O4/c1-18(2)29-23-6-4-3-5-22(23)24(27-29)25(31)26-17-20-12-15-28(16-13-20)14-11-19-7-9-21(10-8-19)30(32)33;3-1(4)2(5)6/h3-10,18,20H,11-17H2,1-2H3,(H,26,31);(H,3,4)(H,5,6). The number of nitrogens with zero attached hydrogens (tertiary/aromatic N) is 4. The van der Waals surface area contributed by atoms with Crippen molar-refractivity contribution in [2.45, 2.75) is 39.2 Å². The van der Waals surface area contributed by atoms with E-state index in [1.54, 1.807) is 12.1 Å². The third kappa shape index (κ3) is 8.08. The van der Waals surface area contributed by atoms with Gasteiger partial charge in [-0.3, -0.25) is 19.6 Å². The van der Waals surface area contributed by atoms with Gasteiger partial charge in [0.2, 0.25) is 0 Å². The number of carbonyl (C=O) groups excluding carboxylic acids is 1. The van der Waals surface area contributed by atoms with E-state index in [1.165, 1.54) is 0 Å². The second kappa shape index (κ2) is 13.5. The minimum atomic E-state index is -1.82. The number of hydrogen-bond acceptors (Lipinski definition) is 7. The summed E-state index contributed by atoms with van der Waals surface area (Å²) in [7, 11) is 0.